The number of anilines is 1. The minimum Gasteiger partial charge on any atom is -0.370 e. The van der Waals surface area contributed by atoms with Crippen LogP contribution in [0.4, 0.5) is 5.69 Å². The van der Waals surface area contributed by atoms with Crippen molar-refractivity contribution in [1.82, 2.24) is 10.3 Å². The van der Waals surface area contributed by atoms with E-state index < -0.39 is 0 Å². The van der Waals surface area contributed by atoms with Crippen molar-refractivity contribution in [2.75, 3.05) is 31.1 Å². The lowest BCUT2D eigenvalue weighted by molar-refractivity contribution is 0.533. The summed E-state index contributed by atoms with van der Waals surface area (Å²) in [6, 6.07) is 4.27. The Morgan fingerprint density at radius 1 is 1.27 bits per heavy atom. The van der Waals surface area contributed by atoms with Crippen LogP contribution in [-0.2, 0) is 0 Å². The second kappa shape index (κ2) is 3.90. The van der Waals surface area contributed by atoms with Crippen LogP contribution in [0.5, 0.6) is 0 Å². The molecular formula is C11H14IN3. The third kappa shape index (κ3) is 1.85. The highest BCUT2D eigenvalue weighted by Crippen LogP contribution is 2.29. The monoisotopic (exact) mass is 315 g/mol. The summed E-state index contributed by atoms with van der Waals surface area (Å²) in [5.41, 5.74) is 1.28. The van der Waals surface area contributed by atoms with E-state index in [-0.39, 0.29) is 0 Å². The Labute approximate surface area is 103 Å². The van der Waals surface area contributed by atoms with Gasteiger partial charge >= 0.3 is 0 Å². The normalized spacial score (nSPS) is 29.5. The fraction of sp³-hybridized carbons (Fsp3) is 0.545. The Hall–Kier alpha value is -0.360. The molecule has 1 aromatic rings. The lowest BCUT2D eigenvalue weighted by Crippen LogP contribution is -2.25. The molecule has 2 unspecified atom stereocenters. The fourth-order valence-corrected chi connectivity index (χ4v) is 2.94. The summed E-state index contributed by atoms with van der Waals surface area (Å²) in [7, 11) is 0. The van der Waals surface area contributed by atoms with Crippen LogP contribution in [0.15, 0.2) is 18.3 Å². The summed E-state index contributed by atoms with van der Waals surface area (Å²) in [5, 5.41) is 3.46. The third-order valence-electron chi connectivity index (χ3n) is 3.47. The molecule has 15 heavy (non-hydrogen) atoms. The molecule has 2 atom stereocenters. The molecule has 3 heterocycles. The smallest absolute Gasteiger partial charge is 0.101 e. The van der Waals surface area contributed by atoms with Crippen LogP contribution in [0.25, 0.3) is 0 Å². The van der Waals surface area contributed by atoms with E-state index in [0.29, 0.717) is 0 Å². The van der Waals surface area contributed by atoms with Crippen LogP contribution in [-0.4, -0.2) is 31.2 Å². The van der Waals surface area contributed by atoms with Crippen LogP contribution >= 0.6 is 22.6 Å². The van der Waals surface area contributed by atoms with E-state index in [1.165, 1.54) is 31.9 Å². The van der Waals surface area contributed by atoms with Crippen LogP contribution in [0.3, 0.4) is 0 Å². The van der Waals surface area contributed by atoms with E-state index in [1.807, 2.05) is 6.20 Å². The topological polar surface area (TPSA) is 28.2 Å². The summed E-state index contributed by atoms with van der Waals surface area (Å²) in [6.45, 7) is 4.78. The Morgan fingerprint density at radius 3 is 2.60 bits per heavy atom. The number of nitrogens with one attached hydrogen (secondary N) is 1. The number of nitrogens with zero attached hydrogens (tertiary/aromatic N) is 2. The van der Waals surface area contributed by atoms with Crippen molar-refractivity contribution >= 4 is 28.3 Å². The molecule has 0 aliphatic carbocycles. The molecule has 2 aliphatic heterocycles. The van der Waals surface area contributed by atoms with Gasteiger partial charge in [0, 0.05) is 26.2 Å². The number of aromatic nitrogens is 1. The van der Waals surface area contributed by atoms with Crippen LogP contribution in [0, 0.1) is 15.5 Å². The largest absolute Gasteiger partial charge is 0.370 e. The van der Waals surface area contributed by atoms with Crippen molar-refractivity contribution in [2.24, 2.45) is 11.8 Å². The molecule has 2 fully saturated rings. The van der Waals surface area contributed by atoms with Gasteiger partial charge < -0.3 is 10.2 Å². The molecule has 2 saturated heterocycles. The highest BCUT2D eigenvalue weighted by atomic mass is 127. The predicted molar refractivity (Wildman–Crippen MR) is 69.0 cm³/mol. The van der Waals surface area contributed by atoms with Gasteiger partial charge in [0.05, 0.1) is 11.9 Å². The maximum absolute atomic E-state index is 4.35. The van der Waals surface area contributed by atoms with Crippen molar-refractivity contribution in [3.05, 3.63) is 22.0 Å². The quantitative estimate of drug-likeness (QED) is 0.626. The molecule has 0 spiro atoms. The molecular weight excluding hydrogens is 301 g/mol. The highest BCUT2D eigenvalue weighted by Gasteiger charge is 2.36. The fourth-order valence-electron chi connectivity index (χ4n) is 2.62. The SMILES string of the molecule is Ic1ccc(N2CC3CNCC3C2)cn1. The Bertz CT molecular complexity index is 339. The van der Waals surface area contributed by atoms with E-state index in [4.69, 9.17) is 0 Å². The standard InChI is InChI=1S/C11H14IN3/c12-11-2-1-10(5-14-11)15-6-8-3-13-4-9(8)7-15/h1-2,5,8-9,13H,3-4,6-7H2. The lowest BCUT2D eigenvalue weighted by Gasteiger charge is -2.19. The third-order valence-corrected chi connectivity index (χ3v) is 4.10. The summed E-state index contributed by atoms with van der Waals surface area (Å²) < 4.78 is 1.07. The molecule has 0 bridgehead atoms. The van der Waals surface area contributed by atoms with Crippen LogP contribution in [0.1, 0.15) is 0 Å². The molecule has 0 radical (unpaired) electrons. The van der Waals surface area contributed by atoms with Crippen molar-refractivity contribution in [2.45, 2.75) is 0 Å². The van der Waals surface area contributed by atoms with Crippen molar-refractivity contribution in [3.63, 3.8) is 0 Å². The zero-order valence-electron chi connectivity index (χ0n) is 8.49. The number of fused-ring (bicyclic) bond motifs is 1. The number of rotatable bonds is 1. The van der Waals surface area contributed by atoms with Crippen molar-refractivity contribution < 1.29 is 0 Å². The summed E-state index contributed by atoms with van der Waals surface area (Å²) >= 11 is 2.25. The van der Waals surface area contributed by atoms with Crippen molar-refractivity contribution in [3.8, 4) is 0 Å². The van der Waals surface area contributed by atoms with E-state index in [0.717, 1.165) is 15.5 Å². The molecule has 3 nitrogen and oxygen atoms in total. The predicted octanol–water partition coefficient (Wildman–Crippen LogP) is 1.34. The molecule has 1 N–H and O–H groups in total. The molecule has 2 aliphatic rings. The molecule has 1 aromatic heterocycles. The van der Waals surface area contributed by atoms with E-state index in [1.54, 1.807) is 0 Å². The molecule has 80 valence electrons. The zero-order chi connectivity index (χ0) is 10.3. The number of hydrogen-bond donors (Lipinski definition) is 1. The van der Waals surface area contributed by atoms with Crippen LogP contribution < -0.4 is 10.2 Å². The second-order valence-corrected chi connectivity index (χ2v) is 5.53. The van der Waals surface area contributed by atoms with Gasteiger partial charge in [-0.2, -0.15) is 0 Å². The van der Waals surface area contributed by atoms with E-state index in [9.17, 15) is 0 Å². The van der Waals surface area contributed by atoms with Gasteiger partial charge in [0.25, 0.3) is 0 Å². The van der Waals surface area contributed by atoms with Gasteiger partial charge in [-0.15, -0.1) is 0 Å². The molecule has 0 amide bonds. The maximum atomic E-state index is 4.35. The van der Waals surface area contributed by atoms with E-state index >= 15 is 0 Å². The summed E-state index contributed by atoms with van der Waals surface area (Å²) in [5.74, 6) is 1.70. The first kappa shape index (κ1) is 9.84. The lowest BCUT2D eigenvalue weighted by atomic mass is 10.0. The van der Waals surface area contributed by atoms with Gasteiger partial charge in [-0.3, -0.25) is 0 Å². The summed E-state index contributed by atoms with van der Waals surface area (Å²) in [4.78, 5) is 6.82. The van der Waals surface area contributed by atoms with Crippen LogP contribution in [0.2, 0.25) is 0 Å². The number of hydrogen-bond acceptors (Lipinski definition) is 3. The minimum atomic E-state index is 0.851. The highest BCUT2D eigenvalue weighted by molar-refractivity contribution is 14.1. The molecule has 3 rings (SSSR count). The Morgan fingerprint density at radius 2 is 2.00 bits per heavy atom. The molecule has 0 aromatic carbocycles. The van der Waals surface area contributed by atoms with Gasteiger partial charge in [0.2, 0.25) is 0 Å². The maximum Gasteiger partial charge on any atom is 0.101 e. The number of pyridine rings is 1. The first-order valence-electron chi connectivity index (χ1n) is 5.40. The second-order valence-electron chi connectivity index (χ2n) is 4.42. The van der Waals surface area contributed by atoms with E-state index in [2.05, 4.69) is 49.9 Å². The number of halogens is 1. The van der Waals surface area contributed by atoms with Crippen molar-refractivity contribution in [1.29, 1.82) is 0 Å². The minimum absolute atomic E-state index is 0.851. The van der Waals surface area contributed by atoms with Gasteiger partial charge in [-0.05, 0) is 46.6 Å². The average molecular weight is 315 g/mol. The van der Waals surface area contributed by atoms with Gasteiger partial charge in [-0.1, -0.05) is 0 Å². The average Bonchev–Trinajstić information content (AvgIpc) is 2.78. The Kier molecular flexibility index (Phi) is 2.56. The van der Waals surface area contributed by atoms with Gasteiger partial charge in [-0.25, -0.2) is 4.98 Å². The molecule has 4 heteroatoms. The molecule has 0 saturated carbocycles. The zero-order valence-corrected chi connectivity index (χ0v) is 10.6. The Balaban J connectivity index is 1.76. The first-order chi connectivity index (χ1) is 7.33. The van der Waals surface area contributed by atoms with Gasteiger partial charge in [0.15, 0.2) is 0 Å². The van der Waals surface area contributed by atoms with Gasteiger partial charge in [0.1, 0.15) is 3.70 Å². The first-order valence-corrected chi connectivity index (χ1v) is 6.48. The summed E-state index contributed by atoms with van der Waals surface area (Å²) in [6.07, 6.45) is 2.00.